The van der Waals surface area contributed by atoms with Gasteiger partial charge >= 0.3 is 0 Å². The molecule has 7 heteroatoms. The third-order valence-electron chi connectivity index (χ3n) is 5.00. The van der Waals surface area contributed by atoms with Crippen LogP contribution in [0.2, 0.25) is 0 Å². The molecule has 0 saturated heterocycles. The van der Waals surface area contributed by atoms with Crippen molar-refractivity contribution in [2.24, 2.45) is 10.7 Å². The van der Waals surface area contributed by atoms with Gasteiger partial charge in [-0.15, -0.1) is 0 Å². The first-order chi connectivity index (χ1) is 15.6. The van der Waals surface area contributed by atoms with Crippen molar-refractivity contribution in [2.45, 2.75) is 26.1 Å². The fraction of sp³-hybridized carbons (Fsp3) is 0.280. The molecule has 0 unspecified atom stereocenters. The van der Waals surface area contributed by atoms with E-state index < -0.39 is 5.91 Å². The van der Waals surface area contributed by atoms with E-state index in [2.05, 4.69) is 69.1 Å². The Kier molecular flexibility index (Phi) is 8.89. The number of hydrogen-bond acceptors (Lipinski definition) is 4. The highest BCUT2D eigenvalue weighted by Crippen LogP contribution is 2.10. The summed E-state index contributed by atoms with van der Waals surface area (Å²) in [7, 11) is 1.73. The fourth-order valence-electron chi connectivity index (χ4n) is 3.40. The standard InChI is InChI=1S/C25H31N5O2/c1-27-25(29-17-22-13-14-23(32-22)24(26)31)28-15-8-16-30(18-20-9-4-2-5-10-20)19-21-11-6-3-7-12-21/h2-7,9-14H,8,15-19H2,1H3,(H2,26,31)(H2,27,28,29). The zero-order valence-electron chi connectivity index (χ0n) is 18.5. The topological polar surface area (TPSA) is 95.9 Å². The second-order valence-electron chi connectivity index (χ2n) is 7.52. The minimum absolute atomic E-state index is 0.154. The number of guanidine groups is 1. The van der Waals surface area contributed by atoms with Crippen molar-refractivity contribution in [3.8, 4) is 0 Å². The van der Waals surface area contributed by atoms with Gasteiger partial charge in [-0.25, -0.2) is 0 Å². The van der Waals surface area contributed by atoms with Gasteiger partial charge in [0.2, 0.25) is 0 Å². The Morgan fingerprint density at radius 2 is 1.56 bits per heavy atom. The molecule has 0 saturated carbocycles. The molecule has 168 valence electrons. The summed E-state index contributed by atoms with van der Waals surface area (Å²) < 4.78 is 5.38. The van der Waals surface area contributed by atoms with Gasteiger partial charge < -0.3 is 20.8 Å². The zero-order valence-corrected chi connectivity index (χ0v) is 18.5. The highest BCUT2D eigenvalue weighted by molar-refractivity contribution is 5.89. The van der Waals surface area contributed by atoms with Crippen molar-refractivity contribution in [2.75, 3.05) is 20.1 Å². The van der Waals surface area contributed by atoms with Gasteiger partial charge in [-0.2, -0.15) is 0 Å². The predicted octanol–water partition coefficient (Wildman–Crippen LogP) is 3.14. The van der Waals surface area contributed by atoms with Crippen LogP contribution in [0, 0.1) is 0 Å². The lowest BCUT2D eigenvalue weighted by molar-refractivity contribution is 0.0972. The average molecular weight is 434 g/mol. The molecule has 0 fully saturated rings. The van der Waals surface area contributed by atoms with Crippen molar-refractivity contribution in [3.05, 3.63) is 95.4 Å². The van der Waals surface area contributed by atoms with Crippen LogP contribution < -0.4 is 16.4 Å². The molecule has 0 bridgehead atoms. The van der Waals surface area contributed by atoms with Gasteiger partial charge in [0.25, 0.3) is 5.91 Å². The second kappa shape index (κ2) is 12.3. The van der Waals surface area contributed by atoms with Crippen LogP contribution in [-0.2, 0) is 19.6 Å². The first kappa shape index (κ1) is 23.1. The largest absolute Gasteiger partial charge is 0.454 e. The lowest BCUT2D eigenvalue weighted by Gasteiger charge is -2.23. The number of carbonyl (C=O) groups is 1. The molecule has 1 amide bonds. The van der Waals surface area contributed by atoms with E-state index in [9.17, 15) is 4.79 Å². The normalized spacial score (nSPS) is 11.5. The number of furan rings is 1. The highest BCUT2D eigenvalue weighted by Gasteiger charge is 2.09. The molecule has 7 nitrogen and oxygen atoms in total. The van der Waals surface area contributed by atoms with Crippen LogP contribution in [0.3, 0.4) is 0 Å². The third-order valence-corrected chi connectivity index (χ3v) is 5.00. The van der Waals surface area contributed by atoms with Gasteiger partial charge in [0.1, 0.15) is 5.76 Å². The summed E-state index contributed by atoms with van der Waals surface area (Å²) in [6.45, 7) is 3.96. The van der Waals surface area contributed by atoms with E-state index in [0.717, 1.165) is 32.6 Å². The molecule has 4 N–H and O–H groups in total. The van der Waals surface area contributed by atoms with Crippen LogP contribution in [0.25, 0.3) is 0 Å². The highest BCUT2D eigenvalue weighted by atomic mass is 16.3. The van der Waals surface area contributed by atoms with Crippen LogP contribution in [0.4, 0.5) is 0 Å². The number of amides is 1. The lowest BCUT2D eigenvalue weighted by Crippen LogP contribution is -2.38. The van der Waals surface area contributed by atoms with Crippen LogP contribution in [-0.4, -0.2) is 36.9 Å². The average Bonchev–Trinajstić information content (AvgIpc) is 3.29. The molecule has 0 aliphatic carbocycles. The smallest absolute Gasteiger partial charge is 0.284 e. The molecular formula is C25H31N5O2. The molecule has 32 heavy (non-hydrogen) atoms. The SMILES string of the molecule is CN=C(NCCCN(Cc1ccccc1)Cc1ccccc1)NCc1ccc(C(N)=O)o1. The van der Waals surface area contributed by atoms with E-state index in [-0.39, 0.29) is 5.76 Å². The van der Waals surface area contributed by atoms with E-state index in [1.54, 1.807) is 19.2 Å². The number of benzene rings is 2. The Balaban J connectivity index is 1.46. The van der Waals surface area contributed by atoms with Crippen molar-refractivity contribution in [1.29, 1.82) is 0 Å². The van der Waals surface area contributed by atoms with Crippen molar-refractivity contribution in [1.82, 2.24) is 15.5 Å². The van der Waals surface area contributed by atoms with Crippen LogP contribution in [0.5, 0.6) is 0 Å². The number of nitrogens with two attached hydrogens (primary N) is 1. The number of carbonyl (C=O) groups excluding carboxylic acids is 1. The van der Waals surface area contributed by atoms with Gasteiger partial charge in [0.05, 0.1) is 6.54 Å². The summed E-state index contributed by atoms with van der Waals surface area (Å²) in [6.07, 6.45) is 0.965. The lowest BCUT2D eigenvalue weighted by atomic mass is 10.1. The summed E-state index contributed by atoms with van der Waals surface area (Å²) in [4.78, 5) is 17.8. The van der Waals surface area contributed by atoms with Crippen molar-refractivity contribution < 1.29 is 9.21 Å². The van der Waals surface area contributed by atoms with Crippen molar-refractivity contribution in [3.63, 3.8) is 0 Å². The number of nitrogens with zero attached hydrogens (tertiary/aromatic N) is 2. The van der Waals surface area contributed by atoms with Crippen LogP contribution >= 0.6 is 0 Å². The van der Waals surface area contributed by atoms with Gasteiger partial charge in [-0.1, -0.05) is 60.7 Å². The molecule has 0 aliphatic rings. The minimum atomic E-state index is -0.575. The van der Waals surface area contributed by atoms with E-state index in [4.69, 9.17) is 10.2 Å². The van der Waals surface area contributed by atoms with Gasteiger partial charge in [0, 0.05) is 33.2 Å². The molecule has 1 heterocycles. The molecule has 3 rings (SSSR count). The number of rotatable bonds is 11. The Bertz CT molecular complexity index is 944. The Morgan fingerprint density at radius 3 is 2.09 bits per heavy atom. The number of nitrogens with one attached hydrogen (secondary N) is 2. The number of aliphatic imine (C=N–C) groups is 1. The van der Waals surface area contributed by atoms with E-state index in [1.807, 2.05) is 12.1 Å². The van der Waals surface area contributed by atoms with Gasteiger partial charge in [-0.05, 0) is 29.7 Å². The van der Waals surface area contributed by atoms with E-state index in [1.165, 1.54) is 11.1 Å². The first-order valence-corrected chi connectivity index (χ1v) is 10.8. The Morgan fingerprint density at radius 1 is 0.938 bits per heavy atom. The second-order valence-corrected chi connectivity index (χ2v) is 7.52. The molecule has 1 aromatic heterocycles. The fourth-order valence-corrected chi connectivity index (χ4v) is 3.40. The van der Waals surface area contributed by atoms with Crippen molar-refractivity contribution >= 4 is 11.9 Å². The van der Waals surface area contributed by atoms with E-state index in [0.29, 0.717) is 18.3 Å². The maximum absolute atomic E-state index is 11.1. The molecular weight excluding hydrogens is 402 g/mol. The number of hydrogen-bond donors (Lipinski definition) is 3. The van der Waals surface area contributed by atoms with Crippen LogP contribution in [0.15, 0.2) is 82.2 Å². The first-order valence-electron chi connectivity index (χ1n) is 10.8. The zero-order chi connectivity index (χ0) is 22.6. The number of primary amides is 1. The Labute approximate surface area is 189 Å². The molecule has 3 aromatic rings. The molecule has 2 aromatic carbocycles. The van der Waals surface area contributed by atoms with E-state index >= 15 is 0 Å². The monoisotopic (exact) mass is 433 g/mol. The van der Waals surface area contributed by atoms with Crippen LogP contribution in [0.1, 0.15) is 33.9 Å². The van der Waals surface area contributed by atoms with Gasteiger partial charge in [-0.3, -0.25) is 14.7 Å². The minimum Gasteiger partial charge on any atom is -0.454 e. The summed E-state index contributed by atoms with van der Waals surface area (Å²) >= 11 is 0. The summed E-state index contributed by atoms with van der Waals surface area (Å²) in [5, 5.41) is 6.52. The maximum Gasteiger partial charge on any atom is 0.284 e. The Hall–Kier alpha value is -3.58. The molecule has 0 spiro atoms. The van der Waals surface area contributed by atoms with Gasteiger partial charge in [0.15, 0.2) is 11.7 Å². The third kappa shape index (κ3) is 7.59. The molecule has 0 aliphatic heterocycles. The summed E-state index contributed by atoms with van der Waals surface area (Å²) in [6, 6.07) is 24.4. The molecule has 0 radical (unpaired) electrons. The predicted molar refractivity (Wildman–Crippen MR) is 127 cm³/mol. The summed E-state index contributed by atoms with van der Waals surface area (Å²) in [5.74, 6) is 0.884. The maximum atomic E-state index is 11.1. The summed E-state index contributed by atoms with van der Waals surface area (Å²) in [5.41, 5.74) is 7.83. The molecule has 0 atom stereocenters. The quantitative estimate of drug-likeness (QED) is 0.245.